The summed E-state index contributed by atoms with van der Waals surface area (Å²) in [6, 6.07) is 0. The Bertz CT molecular complexity index is 337. The van der Waals surface area contributed by atoms with Crippen molar-refractivity contribution in [2.45, 2.75) is 34.1 Å². The number of hydrogen-bond donors (Lipinski definition) is 1. The van der Waals surface area contributed by atoms with Gasteiger partial charge in [-0.2, -0.15) is 0 Å². The quantitative estimate of drug-likeness (QED) is 0.867. The van der Waals surface area contributed by atoms with Crippen molar-refractivity contribution in [2.24, 2.45) is 5.92 Å². The molecule has 0 saturated carbocycles. The molecule has 0 atom stereocenters. The Balaban J connectivity index is 3.00. The van der Waals surface area contributed by atoms with Gasteiger partial charge in [0.15, 0.2) is 0 Å². The lowest BCUT2D eigenvalue weighted by Crippen LogP contribution is -2.09. The summed E-state index contributed by atoms with van der Waals surface area (Å²) in [6.45, 7) is 9.38. The fourth-order valence-electron chi connectivity index (χ4n) is 1.36. The predicted molar refractivity (Wildman–Crippen MR) is 72.2 cm³/mol. The first-order chi connectivity index (χ1) is 7.04. The van der Waals surface area contributed by atoms with Crippen LogP contribution in [0.25, 0.3) is 0 Å². The highest BCUT2D eigenvalue weighted by Gasteiger charge is 2.09. The summed E-state index contributed by atoms with van der Waals surface area (Å²) >= 11 is 2.29. The average molecular weight is 319 g/mol. The van der Waals surface area contributed by atoms with Gasteiger partial charge in [-0.1, -0.05) is 13.8 Å². The standard InChI is InChI=1S/C11H18IN3/c1-5-13-11-10(12)8(4)14-9(15-11)6-7(2)3/h7H,5-6H2,1-4H3,(H,13,14,15). The van der Waals surface area contributed by atoms with Crippen LogP contribution in [0.4, 0.5) is 5.82 Å². The molecule has 0 radical (unpaired) electrons. The predicted octanol–water partition coefficient (Wildman–Crippen LogP) is 3.02. The van der Waals surface area contributed by atoms with Gasteiger partial charge in [0, 0.05) is 13.0 Å². The van der Waals surface area contributed by atoms with Gasteiger partial charge >= 0.3 is 0 Å². The molecular weight excluding hydrogens is 301 g/mol. The first-order valence-electron chi connectivity index (χ1n) is 5.31. The van der Waals surface area contributed by atoms with Crippen molar-refractivity contribution in [1.82, 2.24) is 9.97 Å². The molecule has 3 nitrogen and oxygen atoms in total. The number of rotatable bonds is 4. The third kappa shape index (κ3) is 3.59. The highest BCUT2D eigenvalue weighted by molar-refractivity contribution is 14.1. The maximum Gasteiger partial charge on any atom is 0.143 e. The number of aromatic nitrogens is 2. The lowest BCUT2D eigenvalue weighted by molar-refractivity contribution is 0.619. The van der Waals surface area contributed by atoms with Crippen LogP contribution in [0.15, 0.2) is 0 Å². The van der Waals surface area contributed by atoms with Crippen LogP contribution in [-0.2, 0) is 6.42 Å². The Morgan fingerprint density at radius 2 is 2.00 bits per heavy atom. The third-order valence-electron chi connectivity index (χ3n) is 2.00. The second-order valence-corrected chi connectivity index (χ2v) is 5.09. The molecule has 1 rings (SSSR count). The number of halogens is 1. The Kier molecular flexibility index (Phi) is 4.76. The minimum atomic E-state index is 0.596. The smallest absolute Gasteiger partial charge is 0.143 e. The van der Waals surface area contributed by atoms with Crippen LogP contribution in [0.5, 0.6) is 0 Å². The van der Waals surface area contributed by atoms with E-state index in [9.17, 15) is 0 Å². The summed E-state index contributed by atoms with van der Waals surface area (Å²) in [5, 5.41) is 3.27. The lowest BCUT2D eigenvalue weighted by Gasteiger charge is -2.11. The van der Waals surface area contributed by atoms with E-state index in [1.54, 1.807) is 0 Å². The van der Waals surface area contributed by atoms with E-state index >= 15 is 0 Å². The molecule has 0 aliphatic carbocycles. The summed E-state index contributed by atoms with van der Waals surface area (Å²) < 4.78 is 1.13. The largest absolute Gasteiger partial charge is 0.369 e. The maximum absolute atomic E-state index is 4.53. The molecule has 0 aromatic carbocycles. The molecule has 0 fully saturated rings. The normalized spacial score (nSPS) is 10.8. The SMILES string of the molecule is CCNc1nc(CC(C)C)nc(C)c1I. The van der Waals surface area contributed by atoms with Gasteiger partial charge in [0.05, 0.1) is 9.26 Å². The van der Waals surface area contributed by atoms with Crippen LogP contribution in [-0.4, -0.2) is 16.5 Å². The third-order valence-corrected chi connectivity index (χ3v) is 3.29. The van der Waals surface area contributed by atoms with Crippen LogP contribution in [0.3, 0.4) is 0 Å². The lowest BCUT2D eigenvalue weighted by atomic mass is 10.1. The Morgan fingerprint density at radius 1 is 1.33 bits per heavy atom. The molecule has 0 bridgehead atoms. The monoisotopic (exact) mass is 319 g/mol. The van der Waals surface area contributed by atoms with Crippen molar-refractivity contribution in [2.75, 3.05) is 11.9 Å². The summed E-state index contributed by atoms with van der Waals surface area (Å²) in [4.78, 5) is 9.03. The van der Waals surface area contributed by atoms with Gasteiger partial charge in [-0.25, -0.2) is 9.97 Å². The maximum atomic E-state index is 4.53. The molecule has 1 N–H and O–H groups in total. The second-order valence-electron chi connectivity index (χ2n) is 4.02. The van der Waals surface area contributed by atoms with E-state index in [0.29, 0.717) is 5.92 Å². The zero-order valence-electron chi connectivity index (χ0n) is 9.76. The molecule has 0 unspecified atom stereocenters. The Labute approximate surface area is 105 Å². The minimum absolute atomic E-state index is 0.596. The zero-order valence-corrected chi connectivity index (χ0v) is 11.9. The van der Waals surface area contributed by atoms with E-state index in [-0.39, 0.29) is 0 Å². The van der Waals surface area contributed by atoms with Gasteiger partial charge in [-0.3, -0.25) is 0 Å². The van der Waals surface area contributed by atoms with Crippen molar-refractivity contribution in [1.29, 1.82) is 0 Å². The van der Waals surface area contributed by atoms with Gasteiger partial charge in [0.1, 0.15) is 11.6 Å². The molecule has 15 heavy (non-hydrogen) atoms. The van der Waals surface area contributed by atoms with Crippen molar-refractivity contribution in [3.05, 3.63) is 15.1 Å². The van der Waals surface area contributed by atoms with Crippen LogP contribution in [0.1, 0.15) is 32.3 Å². The highest BCUT2D eigenvalue weighted by atomic mass is 127. The molecule has 0 amide bonds. The average Bonchev–Trinajstić information content (AvgIpc) is 2.12. The van der Waals surface area contributed by atoms with Crippen molar-refractivity contribution < 1.29 is 0 Å². The van der Waals surface area contributed by atoms with E-state index in [2.05, 4.69) is 58.6 Å². The number of nitrogens with one attached hydrogen (secondary N) is 1. The van der Waals surface area contributed by atoms with Gasteiger partial charge in [0.25, 0.3) is 0 Å². The summed E-state index contributed by atoms with van der Waals surface area (Å²) in [5.41, 5.74) is 1.07. The van der Waals surface area contributed by atoms with Crippen LogP contribution >= 0.6 is 22.6 Å². The van der Waals surface area contributed by atoms with E-state index in [1.165, 1.54) is 0 Å². The van der Waals surface area contributed by atoms with E-state index in [4.69, 9.17) is 0 Å². The first kappa shape index (κ1) is 12.7. The molecule has 0 aliphatic heterocycles. The molecule has 0 saturated heterocycles. The van der Waals surface area contributed by atoms with Crippen molar-refractivity contribution in [3.8, 4) is 0 Å². The van der Waals surface area contributed by atoms with Crippen molar-refractivity contribution >= 4 is 28.4 Å². The number of nitrogens with zero attached hydrogens (tertiary/aromatic N) is 2. The molecule has 0 aliphatic rings. The van der Waals surface area contributed by atoms with Crippen LogP contribution < -0.4 is 5.32 Å². The van der Waals surface area contributed by atoms with Gasteiger partial charge in [-0.15, -0.1) is 0 Å². The van der Waals surface area contributed by atoms with E-state index < -0.39 is 0 Å². The van der Waals surface area contributed by atoms with Gasteiger partial charge < -0.3 is 5.32 Å². The Hall–Kier alpha value is -0.390. The fourth-order valence-corrected chi connectivity index (χ4v) is 1.79. The van der Waals surface area contributed by atoms with Crippen LogP contribution in [0, 0.1) is 16.4 Å². The van der Waals surface area contributed by atoms with E-state index in [0.717, 1.165) is 33.9 Å². The zero-order chi connectivity index (χ0) is 11.4. The second kappa shape index (κ2) is 5.63. The minimum Gasteiger partial charge on any atom is -0.369 e. The first-order valence-corrected chi connectivity index (χ1v) is 6.39. The Morgan fingerprint density at radius 3 is 2.53 bits per heavy atom. The van der Waals surface area contributed by atoms with Gasteiger partial charge in [0.2, 0.25) is 0 Å². The molecular formula is C11H18IN3. The number of aryl methyl sites for hydroxylation is 1. The number of hydrogen-bond acceptors (Lipinski definition) is 3. The molecule has 4 heteroatoms. The fraction of sp³-hybridized carbons (Fsp3) is 0.636. The molecule has 0 spiro atoms. The summed E-state index contributed by atoms with van der Waals surface area (Å²) in [5.74, 6) is 2.51. The molecule has 1 aromatic rings. The summed E-state index contributed by atoms with van der Waals surface area (Å²) in [6.07, 6.45) is 0.941. The molecule has 1 heterocycles. The highest BCUT2D eigenvalue weighted by Crippen LogP contribution is 2.19. The van der Waals surface area contributed by atoms with Crippen LogP contribution in [0.2, 0.25) is 0 Å². The molecule has 84 valence electrons. The van der Waals surface area contributed by atoms with E-state index in [1.807, 2.05) is 6.92 Å². The van der Waals surface area contributed by atoms with Gasteiger partial charge in [-0.05, 0) is 42.4 Å². The number of anilines is 1. The van der Waals surface area contributed by atoms with Crippen molar-refractivity contribution in [3.63, 3.8) is 0 Å². The topological polar surface area (TPSA) is 37.8 Å². The molecule has 1 aromatic heterocycles. The summed E-state index contributed by atoms with van der Waals surface area (Å²) in [7, 11) is 0.